The van der Waals surface area contributed by atoms with Crippen LogP contribution < -0.4 is 4.90 Å². The number of rotatable bonds is 5. The van der Waals surface area contributed by atoms with Crippen LogP contribution in [-0.2, 0) is 10.9 Å². The molecule has 3 nitrogen and oxygen atoms in total. The first-order valence-electron chi connectivity index (χ1n) is 7.23. The van der Waals surface area contributed by atoms with E-state index in [9.17, 15) is 13.2 Å². The third kappa shape index (κ3) is 4.61. The monoisotopic (exact) mass is 302 g/mol. The Hall–Kier alpha value is -1.27. The largest absolute Gasteiger partial charge is 0.416 e. The number of alkyl halides is 3. The summed E-state index contributed by atoms with van der Waals surface area (Å²) in [7, 11) is 0. The summed E-state index contributed by atoms with van der Waals surface area (Å²) < 4.78 is 43.5. The Kier molecular flexibility index (Phi) is 5.47. The average Bonchev–Trinajstić information content (AvgIpc) is 2.47. The van der Waals surface area contributed by atoms with Gasteiger partial charge in [-0.25, -0.2) is 0 Å². The molecule has 1 aliphatic heterocycles. The number of anilines is 1. The van der Waals surface area contributed by atoms with Crippen LogP contribution in [0.2, 0.25) is 0 Å². The second-order valence-electron chi connectivity index (χ2n) is 5.07. The number of halogens is 3. The highest BCUT2D eigenvalue weighted by molar-refractivity contribution is 5.49. The van der Waals surface area contributed by atoms with Crippen molar-refractivity contribution in [1.29, 1.82) is 0 Å². The molecule has 1 fully saturated rings. The Labute approximate surface area is 123 Å². The lowest BCUT2D eigenvalue weighted by molar-refractivity contribution is -0.137. The fourth-order valence-corrected chi connectivity index (χ4v) is 2.45. The zero-order valence-corrected chi connectivity index (χ0v) is 12.2. The quantitative estimate of drug-likeness (QED) is 0.778. The molecule has 0 bridgehead atoms. The number of ether oxygens (including phenoxy) is 1. The molecule has 0 aliphatic carbocycles. The molecule has 1 aliphatic rings. The van der Waals surface area contributed by atoms with E-state index in [1.807, 2.05) is 11.8 Å². The SMILES string of the molecule is CCOCCN1CCN(c2cccc(C(F)(F)F)c2)CC1. The second kappa shape index (κ2) is 7.13. The summed E-state index contributed by atoms with van der Waals surface area (Å²) in [4.78, 5) is 4.28. The Morgan fingerprint density at radius 2 is 1.86 bits per heavy atom. The number of hydrogen-bond donors (Lipinski definition) is 0. The van der Waals surface area contributed by atoms with E-state index in [0.29, 0.717) is 18.9 Å². The van der Waals surface area contributed by atoms with Crippen LogP contribution in [0.15, 0.2) is 24.3 Å². The van der Waals surface area contributed by atoms with Crippen molar-refractivity contribution in [3.63, 3.8) is 0 Å². The molecule has 0 saturated carbocycles. The van der Waals surface area contributed by atoms with Crippen LogP contribution in [0.5, 0.6) is 0 Å². The second-order valence-corrected chi connectivity index (χ2v) is 5.07. The van der Waals surface area contributed by atoms with E-state index in [0.717, 1.165) is 38.8 Å². The Morgan fingerprint density at radius 3 is 2.48 bits per heavy atom. The topological polar surface area (TPSA) is 15.7 Å². The highest BCUT2D eigenvalue weighted by Gasteiger charge is 2.31. The van der Waals surface area contributed by atoms with E-state index in [2.05, 4.69) is 4.90 Å². The molecule has 6 heteroatoms. The lowest BCUT2D eigenvalue weighted by Crippen LogP contribution is -2.47. The summed E-state index contributed by atoms with van der Waals surface area (Å²) in [6, 6.07) is 5.56. The summed E-state index contributed by atoms with van der Waals surface area (Å²) in [6.45, 7) is 7.45. The Morgan fingerprint density at radius 1 is 1.14 bits per heavy atom. The van der Waals surface area contributed by atoms with Crippen LogP contribution in [0.3, 0.4) is 0 Å². The van der Waals surface area contributed by atoms with Crippen LogP contribution in [0, 0.1) is 0 Å². The molecule has 0 unspecified atom stereocenters. The van der Waals surface area contributed by atoms with Gasteiger partial charge in [0.05, 0.1) is 12.2 Å². The number of nitrogens with zero attached hydrogens (tertiary/aromatic N) is 2. The first kappa shape index (κ1) is 16.1. The predicted molar refractivity (Wildman–Crippen MR) is 76.6 cm³/mol. The highest BCUT2D eigenvalue weighted by atomic mass is 19.4. The van der Waals surface area contributed by atoms with Crippen LogP contribution >= 0.6 is 0 Å². The summed E-state index contributed by atoms with van der Waals surface area (Å²) in [5, 5.41) is 0. The minimum atomic E-state index is -4.28. The predicted octanol–water partition coefficient (Wildman–Crippen LogP) is 2.86. The fourth-order valence-electron chi connectivity index (χ4n) is 2.45. The van der Waals surface area contributed by atoms with Crippen molar-refractivity contribution >= 4 is 5.69 Å². The first-order chi connectivity index (χ1) is 10.0. The molecule has 0 N–H and O–H groups in total. The minimum absolute atomic E-state index is 0.584. The van der Waals surface area contributed by atoms with Gasteiger partial charge in [0.15, 0.2) is 0 Å². The molecule has 1 saturated heterocycles. The lowest BCUT2D eigenvalue weighted by Gasteiger charge is -2.36. The van der Waals surface area contributed by atoms with E-state index < -0.39 is 11.7 Å². The summed E-state index contributed by atoms with van der Waals surface area (Å²) in [5.41, 5.74) is 0.0630. The first-order valence-corrected chi connectivity index (χ1v) is 7.23. The number of benzene rings is 1. The standard InChI is InChI=1S/C15H21F3N2O/c1-2-21-11-10-19-6-8-20(9-7-19)14-5-3-4-13(12-14)15(16,17)18/h3-5,12H,2,6-11H2,1H3. The third-order valence-electron chi connectivity index (χ3n) is 3.67. The van der Waals surface area contributed by atoms with Gasteiger partial charge in [-0.3, -0.25) is 4.90 Å². The van der Waals surface area contributed by atoms with E-state index >= 15 is 0 Å². The van der Waals surface area contributed by atoms with Crippen molar-refractivity contribution in [3.05, 3.63) is 29.8 Å². The molecular weight excluding hydrogens is 281 g/mol. The zero-order chi connectivity index (χ0) is 15.3. The molecule has 21 heavy (non-hydrogen) atoms. The van der Waals surface area contributed by atoms with Gasteiger partial charge in [0, 0.05) is 45.0 Å². The smallest absolute Gasteiger partial charge is 0.380 e. The fraction of sp³-hybridized carbons (Fsp3) is 0.600. The average molecular weight is 302 g/mol. The molecule has 1 heterocycles. The molecule has 118 valence electrons. The van der Waals surface area contributed by atoms with Crippen LogP contribution in [0.25, 0.3) is 0 Å². The van der Waals surface area contributed by atoms with Crippen LogP contribution in [0.1, 0.15) is 12.5 Å². The lowest BCUT2D eigenvalue weighted by atomic mass is 10.1. The summed E-state index contributed by atoms with van der Waals surface area (Å²) in [5.74, 6) is 0. The van der Waals surface area contributed by atoms with Crippen molar-refractivity contribution in [1.82, 2.24) is 4.90 Å². The normalized spacial score (nSPS) is 17.2. The van der Waals surface area contributed by atoms with Crippen molar-refractivity contribution in [2.75, 3.05) is 50.8 Å². The highest BCUT2D eigenvalue weighted by Crippen LogP contribution is 2.31. The van der Waals surface area contributed by atoms with E-state index in [1.165, 1.54) is 12.1 Å². The van der Waals surface area contributed by atoms with Gasteiger partial charge in [-0.2, -0.15) is 13.2 Å². The molecule has 0 spiro atoms. The van der Waals surface area contributed by atoms with Crippen molar-refractivity contribution in [2.24, 2.45) is 0 Å². The molecule has 1 aromatic rings. The van der Waals surface area contributed by atoms with Gasteiger partial charge >= 0.3 is 6.18 Å². The Balaban J connectivity index is 1.90. The maximum Gasteiger partial charge on any atom is 0.416 e. The van der Waals surface area contributed by atoms with Crippen molar-refractivity contribution < 1.29 is 17.9 Å². The molecule has 2 rings (SSSR count). The van der Waals surface area contributed by atoms with Crippen molar-refractivity contribution in [2.45, 2.75) is 13.1 Å². The van der Waals surface area contributed by atoms with Gasteiger partial charge in [-0.15, -0.1) is 0 Å². The maximum absolute atomic E-state index is 12.7. The molecule has 0 amide bonds. The Bertz CT molecular complexity index is 443. The molecule has 1 aromatic carbocycles. The number of hydrogen-bond acceptors (Lipinski definition) is 3. The van der Waals surface area contributed by atoms with Gasteiger partial charge in [-0.1, -0.05) is 6.07 Å². The van der Waals surface area contributed by atoms with Crippen LogP contribution in [0.4, 0.5) is 18.9 Å². The van der Waals surface area contributed by atoms with E-state index in [-0.39, 0.29) is 0 Å². The molecule has 0 atom stereocenters. The third-order valence-corrected chi connectivity index (χ3v) is 3.67. The minimum Gasteiger partial charge on any atom is -0.380 e. The zero-order valence-electron chi connectivity index (χ0n) is 12.2. The van der Waals surface area contributed by atoms with Gasteiger partial charge in [0.2, 0.25) is 0 Å². The molecule has 0 aromatic heterocycles. The van der Waals surface area contributed by atoms with Gasteiger partial charge in [0.25, 0.3) is 0 Å². The molecule has 0 radical (unpaired) electrons. The van der Waals surface area contributed by atoms with Gasteiger partial charge < -0.3 is 9.64 Å². The number of piperazine rings is 1. The van der Waals surface area contributed by atoms with E-state index in [1.54, 1.807) is 6.07 Å². The molecular formula is C15H21F3N2O. The van der Waals surface area contributed by atoms with E-state index in [4.69, 9.17) is 4.74 Å². The van der Waals surface area contributed by atoms with Crippen molar-refractivity contribution in [3.8, 4) is 0 Å². The van der Waals surface area contributed by atoms with Gasteiger partial charge in [0.1, 0.15) is 0 Å². The van der Waals surface area contributed by atoms with Crippen LogP contribution in [-0.4, -0.2) is 50.8 Å². The summed E-state index contributed by atoms with van der Waals surface area (Å²) in [6.07, 6.45) is -4.28. The van der Waals surface area contributed by atoms with Gasteiger partial charge in [-0.05, 0) is 25.1 Å². The maximum atomic E-state index is 12.7. The summed E-state index contributed by atoms with van der Waals surface area (Å²) >= 11 is 0.